The van der Waals surface area contributed by atoms with Crippen LogP contribution < -0.4 is 4.74 Å². The molecule has 2 aromatic carbocycles. The lowest BCUT2D eigenvalue weighted by atomic mass is 9.92. The molecule has 0 fully saturated rings. The van der Waals surface area contributed by atoms with E-state index in [0.717, 1.165) is 0 Å². The highest BCUT2D eigenvalue weighted by atomic mass is 16.5. The number of nitriles is 1. The highest BCUT2D eigenvalue weighted by molar-refractivity contribution is 5.25. The van der Waals surface area contributed by atoms with Gasteiger partial charge >= 0.3 is 0 Å². The molecule has 1 N–H and O–H groups in total. The first-order valence-corrected chi connectivity index (χ1v) is 6.07. The van der Waals surface area contributed by atoms with Crippen molar-refractivity contribution in [3.8, 4) is 11.8 Å². The minimum Gasteiger partial charge on any atom is -0.490 e. The molecule has 2 rings (SSSR count). The van der Waals surface area contributed by atoms with Crippen LogP contribution in [-0.2, 0) is 5.60 Å². The largest absolute Gasteiger partial charge is 0.490 e. The molecule has 1 atom stereocenters. The van der Waals surface area contributed by atoms with Gasteiger partial charge in [0, 0.05) is 0 Å². The Morgan fingerprint density at radius 3 is 2.16 bits per heavy atom. The number of nitrogens with zero attached hydrogens (tertiary/aromatic N) is 1. The van der Waals surface area contributed by atoms with Crippen LogP contribution >= 0.6 is 0 Å². The molecule has 3 heteroatoms. The predicted octanol–water partition coefficient (Wildman–Crippen LogP) is 2.87. The SMILES string of the molecule is N#CCC(O)(COc1ccccc1)c1ccccc1. The van der Waals surface area contributed by atoms with Crippen LogP contribution in [0.25, 0.3) is 0 Å². The molecule has 3 nitrogen and oxygen atoms in total. The van der Waals surface area contributed by atoms with Crippen LogP contribution in [0.15, 0.2) is 60.7 Å². The van der Waals surface area contributed by atoms with Crippen molar-refractivity contribution in [2.45, 2.75) is 12.0 Å². The maximum Gasteiger partial charge on any atom is 0.136 e. The van der Waals surface area contributed by atoms with Crippen molar-refractivity contribution < 1.29 is 9.84 Å². The van der Waals surface area contributed by atoms with Gasteiger partial charge < -0.3 is 9.84 Å². The third kappa shape index (κ3) is 3.34. The predicted molar refractivity (Wildman–Crippen MR) is 72.5 cm³/mol. The van der Waals surface area contributed by atoms with E-state index in [0.29, 0.717) is 11.3 Å². The Kier molecular flexibility index (Phi) is 4.17. The monoisotopic (exact) mass is 253 g/mol. The molecule has 96 valence electrons. The summed E-state index contributed by atoms with van der Waals surface area (Å²) in [6.07, 6.45) is -0.0101. The lowest BCUT2D eigenvalue weighted by Gasteiger charge is -2.26. The van der Waals surface area contributed by atoms with Gasteiger partial charge in [0.25, 0.3) is 0 Å². The number of aliphatic hydroxyl groups is 1. The third-order valence-electron chi connectivity index (χ3n) is 2.90. The normalized spacial score (nSPS) is 13.3. The molecule has 0 bridgehead atoms. The zero-order valence-corrected chi connectivity index (χ0v) is 10.5. The van der Waals surface area contributed by atoms with Crippen molar-refractivity contribution in [2.24, 2.45) is 0 Å². The van der Waals surface area contributed by atoms with E-state index in [1.807, 2.05) is 54.6 Å². The van der Waals surface area contributed by atoms with Gasteiger partial charge in [-0.1, -0.05) is 48.5 Å². The maximum absolute atomic E-state index is 10.6. The number of ether oxygens (including phenoxy) is 1. The summed E-state index contributed by atoms with van der Waals surface area (Å²) in [6, 6.07) is 20.4. The zero-order chi connectivity index (χ0) is 13.6. The summed E-state index contributed by atoms with van der Waals surface area (Å²) < 4.78 is 5.58. The van der Waals surface area contributed by atoms with Gasteiger partial charge in [-0.15, -0.1) is 0 Å². The van der Waals surface area contributed by atoms with Gasteiger partial charge in [-0.3, -0.25) is 0 Å². The number of para-hydroxylation sites is 1. The third-order valence-corrected chi connectivity index (χ3v) is 2.90. The van der Waals surface area contributed by atoms with Gasteiger partial charge in [0.2, 0.25) is 0 Å². The van der Waals surface area contributed by atoms with Crippen LogP contribution in [0.2, 0.25) is 0 Å². The molecule has 0 aliphatic heterocycles. The summed E-state index contributed by atoms with van der Waals surface area (Å²) in [5.41, 5.74) is -0.598. The molecule has 0 saturated heterocycles. The van der Waals surface area contributed by atoms with Crippen molar-refractivity contribution in [1.82, 2.24) is 0 Å². The topological polar surface area (TPSA) is 53.2 Å². The molecule has 0 amide bonds. The van der Waals surface area contributed by atoms with Gasteiger partial charge in [-0.2, -0.15) is 5.26 Å². The fourth-order valence-corrected chi connectivity index (χ4v) is 1.84. The van der Waals surface area contributed by atoms with Crippen LogP contribution in [0.4, 0.5) is 0 Å². The van der Waals surface area contributed by atoms with Crippen molar-refractivity contribution in [1.29, 1.82) is 5.26 Å². The van der Waals surface area contributed by atoms with E-state index in [1.54, 1.807) is 12.1 Å². The Balaban J connectivity index is 2.15. The number of hydrogen-bond acceptors (Lipinski definition) is 3. The Labute approximate surface area is 112 Å². The average Bonchev–Trinajstić information content (AvgIpc) is 2.48. The van der Waals surface area contributed by atoms with Crippen molar-refractivity contribution in [3.63, 3.8) is 0 Å². The number of rotatable bonds is 5. The Morgan fingerprint density at radius 1 is 1.00 bits per heavy atom. The highest BCUT2D eigenvalue weighted by Crippen LogP contribution is 2.26. The zero-order valence-electron chi connectivity index (χ0n) is 10.5. The van der Waals surface area contributed by atoms with E-state index in [4.69, 9.17) is 10.00 Å². The summed E-state index contributed by atoms with van der Waals surface area (Å²) in [4.78, 5) is 0. The molecule has 0 radical (unpaired) electrons. The molecular weight excluding hydrogens is 238 g/mol. The van der Waals surface area contributed by atoms with Crippen LogP contribution in [0.5, 0.6) is 5.75 Å². The molecule has 2 aromatic rings. The minimum absolute atomic E-state index is 0.0101. The molecule has 19 heavy (non-hydrogen) atoms. The first kappa shape index (κ1) is 13.1. The van der Waals surface area contributed by atoms with E-state index < -0.39 is 5.60 Å². The van der Waals surface area contributed by atoms with Crippen LogP contribution in [-0.4, -0.2) is 11.7 Å². The summed E-state index contributed by atoms with van der Waals surface area (Å²) in [7, 11) is 0. The summed E-state index contributed by atoms with van der Waals surface area (Å²) in [5.74, 6) is 0.676. The Morgan fingerprint density at radius 2 is 1.58 bits per heavy atom. The van der Waals surface area contributed by atoms with Crippen LogP contribution in [0, 0.1) is 11.3 Å². The van der Waals surface area contributed by atoms with Gasteiger partial charge in [-0.25, -0.2) is 0 Å². The standard InChI is InChI=1S/C16H15NO2/c17-12-11-16(18,14-7-3-1-4-8-14)13-19-15-9-5-2-6-10-15/h1-10,18H,11,13H2. The number of benzene rings is 2. The number of hydrogen-bond donors (Lipinski definition) is 1. The Hall–Kier alpha value is -2.31. The van der Waals surface area contributed by atoms with Crippen molar-refractivity contribution in [2.75, 3.05) is 6.61 Å². The molecule has 0 aromatic heterocycles. The smallest absolute Gasteiger partial charge is 0.136 e. The van der Waals surface area contributed by atoms with Gasteiger partial charge in [0.15, 0.2) is 0 Å². The molecule has 0 aliphatic carbocycles. The Bertz CT molecular complexity index is 548. The van der Waals surface area contributed by atoms with E-state index >= 15 is 0 Å². The lowest BCUT2D eigenvalue weighted by molar-refractivity contribution is -0.00554. The molecule has 0 aliphatic rings. The molecular formula is C16H15NO2. The van der Waals surface area contributed by atoms with E-state index in [1.165, 1.54) is 0 Å². The molecule has 0 saturated carbocycles. The second-order valence-electron chi connectivity index (χ2n) is 4.33. The van der Waals surface area contributed by atoms with Crippen molar-refractivity contribution in [3.05, 3.63) is 66.2 Å². The molecule has 0 spiro atoms. The summed E-state index contributed by atoms with van der Waals surface area (Å²) in [6.45, 7) is 0.0502. The van der Waals surface area contributed by atoms with Gasteiger partial charge in [0.1, 0.15) is 18.0 Å². The van der Waals surface area contributed by atoms with Crippen LogP contribution in [0.3, 0.4) is 0 Å². The van der Waals surface area contributed by atoms with E-state index in [2.05, 4.69) is 0 Å². The fraction of sp³-hybridized carbons (Fsp3) is 0.188. The second kappa shape index (κ2) is 6.03. The molecule has 0 heterocycles. The van der Waals surface area contributed by atoms with Gasteiger partial charge in [-0.05, 0) is 17.7 Å². The van der Waals surface area contributed by atoms with Gasteiger partial charge in [0.05, 0.1) is 12.5 Å². The quantitative estimate of drug-likeness (QED) is 0.891. The highest BCUT2D eigenvalue weighted by Gasteiger charge is 2.30. The van der Waals surface area contributed by atoms with Crippen LogP contribution in [0.1, 0.15) is 12.0 Å². The average molecular weight is 253 g/mol. The van der Waals surface area contributed by atoms with Crippen molar-refractivity contribution >= 4 is 0 Å². The molecule has 1 unspecified atom stereocenters. The minimum atomic E-state index is -1.29. The first-order valence-electron chi connectivity index (χ1n) is 6.07. The fourth-order valence-electron chi connectivity index (χ4n) is 1.84. The van der Waals surface area contributed by atoms with E-state index in [9.17, 15) is 5.11 Å². The maximum atomic E-state index is 10.6. The first-order chi connectivity index (χ1) is 9.24. The summed E-state index contributed by atoms with van der Waals surface area (Å²) >= 11 is 0. The summed E-state index contributed by atoms with van der Waals surface area (Å²) in [5, 5.41) is 19.5. The lowest BCUT2D eigenvalue weighted by Crippen LogP contribution is -2.32. The van der Waals surface area contributed by atoms with E-state index in [-0.39, 0.29) is 13.0 Å². The second-order valence-corrected chi connectivity index (χ2v) is 4.33.